The summed E-state index contributed by atoms with van der Waals surface area (Å²) in [4.78, 5) is 15.8. The smallest absolute Gasteiger partial charge is 0.267 e. The lowest BCUT2D eigenvalue weighted by Crippen LogP contribution is -2.22. The Labute approximate surface area is 120 Å². The monoisotopic (exact) mass is 405 g/mol. The third-order valence-electron chi connectivity index (χ3n) is 2.27. The van der Waals surface area contributed by atoms with Gasteiger partial charge in [-0.1, -0.05) is 6.07 Å². The maximum Gasteiger partial charge on any atom is 0.267 e. The number of rotatable bonds is 2. The first-order chi connectivity index (χ1) is 8.08. The molecule has 0 aliphatic carbocycles. The van der Waals surface area contributed by atoms with E-state index < -0.39 is 0 Å². The normalized spacial score (nSPS) is 10.5. The van der Waals surface area contributed by atoms with E-state index in [9.17, 15) is 4.79 Å². The van der Waals surface area contributed by atoms with Gasteiger partial charge in [-0.05, 0) is 56.2 Å². The van der Waals surface area contributed by atoms with Gasteiger partial charge in [-0.3, -0.25) is 9.36 Å². The first kappa shape index (κ1) is 12.6. The molecule has 6 heteroatoms. The molecule has 4 nitrogen and oxygen atoms in total. The lowest BCUT2D eigenvalue weighted by Gasteiger charge is -2.07. The van der Waals surface area contributed by atoms with Crippen molar-refractivity contribution >= 4 is 44.2 Å². The molecule has 0 atom stereocenters. The molecule has 1 aromatic carbocycles. The molecule has 0 radical (unpaired) electrons. The van der Waals surface area contributed by atoms with Crippen LogP contribution >= 0.6 is 38.5 Å². The molecule has 0 fully saturated rings. The lowest BCUT2D eigenvalue weighted by molar-refractivity contribution is 0.730. The van der Waals surface area contributed by atoms with Crippen LogP contribution in [0.3, 0.4) is 0 Å². The number of anilines is 1. The highest BCUT2D eigenvalue weighted by molar-refractivity contribution is 14.1. The van der Waals surface area contributed by atoms with E-state index in [0.29, 0.717) is 15.8 Å². The molecular weight excluding hydrogens is 397 g/mol. The number of nitrogen functional groups attached to an aromatic ring is 1. The topological polar surface area (TPSA) is 60.9 Å². The predicted molar refractivity (Wildman–Crippen MR) is 78.9 cm³/mol. The van der Waals surface area contributed by atoms with Gasteiger partial charge in [0.2, 0.25) is 0 Å². The van der Waals surface area contributed by atoms with E-state index in [1.54, 1.807) is 10.8 Å². The van der Waals surface area contributed by atoms with Crippen LogP contribution in [0.2, 0.25) is 0 Å². The quantitative estimate of drug-likeness (QED) is 0.615. The molecule has 2 N–H and O–H groups in total. The molecule has 1 heterocycles. The van der Waals surface area contributed by atoms with Crippen LogP contribution in [0.1, 0.15) is 5.56 Å². The predicted octanol–water partition coefficient (Wildman–Crippen LogP) is 2.24. The summed E-state index contributed by atoms with van der Waals surface area (Å²) in [5.74, 6) is 0. The van der Waals surface area contributed by atoms with Gasteiger partial charge in [-0.2, -0.15) is 0 Å². The molecule has 0 saturated carbocycles. The van der Waals surface area contributed by atoms with Crippen LogP contribution in [-0.4, -0.2) is 9.55 Å². The molecule has 2 aromatic rings. The molecule has 2 rings (SSSR count). The summed E-state index contributed by atoms with van der Waals surface area (Å²) in [6.45, 7) is 0.472. The van der Waals surface area contributed by atoms with Crippen molar-refractivity contribution in [1.82, 2.24) is 9.55 Å². The minimum atomic E-state index is -0.0397. The Balaban J connectivity index is 2.35. The van der Waals surface area contributed by atoms with E-state index in [1.165, 1.54) is 6.33 Å². The number of hydrogen-bond acceptors (Lipinski definition) is 3. The third-order valence-corrected chi connectivity index (χ3v) is 3.73. The largest absolute Gasteiger partial charge is 0.398 e. The summed E-state index contributed by atoms with van der Waals surface area (Å²) in [6.07, 6.45) is 3.08. The average molecular weight is 406 g/mol. The van der Waals surface area contributed by atoms with Crippen molar-refractivity contribution in [2.45, 2.75) is 6.54 Å². The highest BCUT2D eigenvalue weighted by Gasteiger charge is 2.03. The molecule has 1 aromatic heterocycles. The molecule has 17 heavy (non-hydrogen) atoms. The second-order valence-corrected chi connectivity index (χ2v) is 5.55. The van der Waals surface area contributed by atoms with Crippen molar-refractivity contribution < 1.29 is 0 Å². The number of benzene rings is 1. The van der Waals surface area contributed by atoms with Gasteiger partial charge in [0.15, 0.2) is 0 Å². The maximum atomic E-state index is 11.8. The van der Waals surface area contributed by atoms with Crippen molar-refractivity contribution in [1.29, 1.82) is 0 Å². The molecule has 0 amide bonds. The van der Waals surface area contributed by atoms with E-state index >= 15 is 0 Å². The van der Waals surface area contributed by atoms with Crippen LogP contribution in [-0.2, 0) is 6.54 Å². The first-order valence-electron chi connectivity index (χ1n) is 4.82. The first-order valence-corrected chi connectivity index (χ1v) is 6.69. The Morgan fingerprint density at radius 3 is 2.94 bits per heavy atom. The number of nitrogens with zero attached hydrogens (tertiary/aromatic N) is 2. The van der Waals surface area contributed by atoms with Crippen LogP contribution in [0.25, 0.3) is 0 Å². The van der Waals surface area contributed by atoms with Gasteiger partial charge in [0.05, 0.1) is 16.4 Å². The summed E-state index contributed by atoms with van der Waals surface area (Å²) in [5, 5.41) is 0. The van der Waals surface area contributed by atoms with Crippen molar-refractivity contribution in [3.8, 4) is 0 Å². The minimum Gasteiger partial charge on any atom is -0.398 e. The van der Waals surface area contributed by atoms with Gasteiger partial charge in [0, 0.05) is 16.4 Å². The number of nitrogens with two attached hydrogens (primary N) is 1. The van der Waals surface area contributed by atoms with E-state index in [2.05, 4.69) is 20.9 Å². The molecule has 0 spiro atoms. The third kappa shape index (κ3) is 2.86. The molecule has 0 aliphatic rings. The number of aromatic nitrogens is 2. The molecule has 88 valence electrons. The van der Waals surface area contributed by atoms with Gasteiger partial charge in [-0.25, -0.2) is 4.98 Å². The van der Waals surface area contributed by atoms with Crippen molar-refractivity contribution in [3.05, 3.63) is 54.7 Å². The van der Waals surface area contributed by atoms with E-state index in [1.807, 2.05) is 40.8 Å². The maximum absolute atomic E-state index is 11.8. The standard InChI is InChI=1S/C11H9BrIN3O/c12-8-2-1-7(3-10(8)14)5-16-6-15-4-9(13)11(16)17/h1-4,6H,5,14H2. The fourth-order valence-electron chi connectivity index (χ4n) is 1.42. The van der Waals surface area contributed by atoms with Gasteiger partial charge >= 0.3 is 0 Å². The van der Waals surface area contributed by atoms with Gasteiger partial charge in [0.25, 0.3) is 5.56 Å². The Morgan fingerprint density at radius 1 is 1.47 bits per heavy atom. The number of halogens is 2. The average Bonchev–Trinajstić information content (AvgIpc) is 2.30. The van der Waals surface area contributed by atoms with Crippen LogP contribution in [0.15, 0.2) is 40.0 Å². The zero-order valence-corrected chi connectivity index (χ0v) is 12.5. The van der Waals surface area contributed by atoms with Crippen molar-refractivity contribution in [2.24, 2.45) is 0 Å². The van der Waals surface area contributed by atoms with E-state index in [4.69, 9.17) is 5.73 Å². The van der Waals surface area contributed by atoms with Crippen LogP contribution in [0, 0.1) is 3.57 Å². The second-order valence-electron chi connectivity index (χ2n) is 3.53. The second kappa shape index (κ2) is 5.18. The Bertz CT molecular complexity index is 612. The van der Waals surface area contributed by atoms with Gasteiger partial charge in [-0.15, -0.1) is 0 Å². The molecule has 0 saturated heterocycles. The highest BCUT2D eigenvalue weighted by atomic mass is 127. The van der Waals surface area contributed by atoms with Gasteiger partial charge < -0.3 is 5.73 Å². The Morgan fingerprint density at radius 2 is 2.24 bits per heavy atom. The van der Waals surface area contributed by atoms with Crippen molar-refractivity contribution in [2.75, 3.05) is 5.73 Å². The summed E-state index contributed by atoms with van der Waals surface area (Å²) in [7, 11) is 0. The zero-order valence-electron chi connectivity index (χ0n) is 8.73. The van der Waals surface area contributed by atoms with Crippen LogP contribution < -0.4 is 11.3 Å². The molecule has 0 bridgehead atoms. The fourth-order valence-corrected chi connectivity index (χ4v) is 2.14. The summed E-state index contributed by atoms with van der Waals surface area (Å²) >= 11 is 5.31. The lowest BCUT2D eigenvalue weighted by atomic mass is 10.2. The SMILES string of the molecule is Nc1cc(Cn2cncc(I)c2=O)ccc1Br. The Kier molecular flexibility index (Phi) is 3.82. The zero-order chi connectivity index (χ0) is 12.4. The minimum absolute atomic E-state index is 0.0397. The van der Waals surface area contributed by atoms with Crippen LogP contribution in [0.4, 0.5) is 5.69 Å². The van der Waals surface area contributed by atoms with E-state index in [0.717, 1.165) is 10.0 Å². The molecular formula is C11H9BrIN3O. The molecule has 0 aliphatic heterocycles. The van der Waals surface area contributed by atoms with Crippen LogP contribution in [0.5, 0.6) is 0 Å². The molecule has 0 unspecified atom stereocenters. The fraction of sp³-hybridized carbons (Fsp3) is 0.0909. The highest BCUT2D eigenvalue weighted by Crippen LogP contribution is 2.20. The summed E-state index contributed by atoms with van der Waals surface area (Å²) < 4.78 is 3.02. The number of hydrogen-bond donors (Lipinski definition) is 1. The van der Waals surface area contributed by atoms with Gasteiger partial charge in [0.1, 0.15) is 0 Å². The summed E-state index contributed by atoms with van der Waals surface area (Å²) in [5.41, 5.74) is 7.38. The Hall–Kier alpha value is -0.890. The van der Waals surface area contributed by atoms with E-state index in [-0.39, 0.29) is 5.56 Å². The summed E-state index contributed by atoms with van der Waals surface area (Å²) in [6, 6.07) is 5.64. The van der Waals surface area contributed by atoms with Crippen molar-refractivity contribution in [3.63, 3.8) is 0 Å².